The second-order valence-electron chi connectivity index (χ2n) is 5.52. The van der Waals surface area contributed by atoms with Crippen LogP contribution in [-0.2, 0) is 11.2 Å². The fourth-order valence-corrected chi connectivity index (χ4v) is 2.78. The van der Waals surface area contributed by atoms with E-state index in [0.29, 0.717) is 17.7 Å². The van der Waals surface area contributed by atoms with E-state index in [9.17, 15) is 4.79 Å². The molecule has 3 rings (SSSR count). The van der Waals surface area contributed by atoms with E-state index in [4.69, 9.17) is 4.42 Å². The van der Waals surface area contributed by atoms with Crippen LogP contribution in [0.4, 0.5) is 5.69 Å². The second kappa shape index (κ2) is 6.75. The molecule has 0 unspecified atom stereocenters. The highest BCUT2D eigenvalue weighted by atomic mass is 32.1. The van der Waals surface area contributed by atoms with Crippen molar-refractivity contribution in [3.8, 4) is 11.5 Å². The van der Waals surface area contributed by atoms with E-state index in [-0.39, 0.29) is 12.3 Å². The Morgan fingerprint density at radius 1 is 1.30 bits per heavy atom. The fourth-order valence-electron chi connectivity index (χ4n) is 2.15. The summed E-state index contributed by atoms with van der Waals surface area (Å²) in [5.41, 5.74) is 2.83. The molecule has 118 valence electrons. The lowest BCUT2D eigenvalue weighted by Crippen LogP contribution is -2.14. The van der Waals surface area contributed by atoms with Gasteiger partial charge < -0.3 is 9.73 Å². The number of hydrogen-bond donors (Lipinski definition) is 1. The van der Waals surface area contributed by atoms with Gasteiger partial charge in [-0.15, -0.1) is 10.2 Å². The van der Waals surface area contributed by atoms with E-state index in [0.717, 1.165) is 11.3 Å². The van der Waals surface area contributed by atoms with Gasteiger partial charge in [-0.25, -0.2) is 0 Å². The largest absolute Gasteiger partial charge is 0.420 e. The molecule has 0 fully saturated rings. The third-order valence-corrected chi connectivity index (χ3v) is 4.07. The van der Waals surface area contributed by atoms with Crippen molar-refractivity contribution in [3.63, 3.8) is 0 Å². The van der Waals surface area contributed by atoms with E-state index in [1.807, 2.05) is 41.1 Å². The lowest BCUT2D eigenvalue weighted by molar-refractivity contribution is -0.115. The molecule has 23 heavy (non-hydrogen) atoms. The van der Waals surface area contributed by atoms with Crippen LogP contribution in [0.1, 0.15) is 31.2 Å². The molecule has 0 bridgehead atoms. The summed E-state index contributed by atoms with van der Waals surface area (Å²) in [6, 6.07) is 9.73. The van der Waals surface area contributed by atoms with Crippen LogP contribution in [0.3, 0.4) is 0 Å². The molecule has 0 saturated carbocycles. The van der Waals surface area contributed by atoms with Crippen molar-refractivity contribution in [1.82, 2.24) is 10.2 Å². The number of benzene rings is 1. The Morgan fingerprint density at radius 3 is 2.91 bits per heavy atom. The molecule has 0 aliphatic carbocycles. The molecular formula is C17H17N3O2S. The number of carbonyl (C=O) groups excluding carboxylic acids is 1. The van der Waals surface area contributed by atoms with E-state index in [1.54, 1.807) is 11.3 Å². The Bertz CT molecular complexity index is 794. The monoisotopic (exact) mass is 327 g/mol. The van der Waals surface area contributed by atoms with Gasteiger partial charge in [-0.3, -0.25) is 4.79 Å². The van der Waals surface area contributed by atoms with Crippen LogP contribution in [0.5, 0.6) is 0 Å². The first-order valence-electron chi connectivity index (χ1n) is 7.36. The predicted octanol–water partition coefficient (Wildman–Crippen LogP) is 4.10. The molecule has 6 heteroatoms. The highest BCUT2D eigenvalue weighted by molar-refractivity contribution is 7.08. The average Bonchev–Trinajstić information content (AvgIpc) is 3.18. The standard InChI is InChI=1S/C17H17N3O2S/c1-11(2)12-4-3-5-14(8-12)18-15(21)9-16-19-20-17(22-16)13-6-7-23-10-13/h3-8,10-11H,9H2,1-2H3,(H,18,21). The maximum atomic E-state index is 12.1. The Kier molecular flexibility index (Phi) is 4.52. The van der Waals surface area contributed by atoms with Crippen molar-refractivity contribution in [3.05, 3.63) is 52.5 Å². The van der Waals surface area contributed by atoms with Gasteiger partial charge >= 0.3 is 0 Å². The van der Waals surface area contributed by atoms with Gasteiger partial charge in [-0.2, -0.15) is 11.3 Å². The summed E-state index contributed by atoms with van der Waals surface area (Å²) in [4.78, 5) is 12.1. The molecule has 1 aromatic carbocycles. The molecule has 0 spiro atoms. The Labute approximate surface area is 138 Å². The third kappa shape index (κ3) is 3.84. The third-order valence-electron chi connectivity index (χ3n) is 3.38. The van der Waals surface area contributed by atoms with Gasteiger partial charge in [-0.05, 0) is 35.1 Å². The average molecular weight is 327 g/mol. The van der Waals surface area contributed by atoms with Gasteiger partial charge in [-0.1, -0.05) is 26.0 Å². The number of aromatic nitrogens is 2. The first-order valence-corrected chi connectivity index (χ1v) is 8.31. The Balaban J connectivity index is 1.64. The fraction of sp³-hybridized carbons (Fsp3) is 0.235. The molecule has 1 N–H and O–H groups in total. The highest BCUT2D eigenvalue weighted by Gasteiger charge is 2.13. The van der Waals surface area contributed by atoms with Crippen molar-refractivity contribution in [1.29, 1.82) is 0 Å². The van der Waals surface area contributed by atoms with E-state index < -0.39 is 0 Å². The number of nitrogens with zero attached hydrogens (tertiary/aromatic N) is 2. The molecule has 5 nitrogen and oxygen atoms in total. The number of amides is 1. The van der Waals surface area contributed by atoms with E-state index in [1.165, 1.54) is 5.56 Å². The summed E-state index contributed by atoms with van der Waals surface area (Å²) in [6.45, 7) is 4.23. The first-order chi connectivity index (χ1) is 11.1. The minimum atomic E-state index is -0.175. The van der Waals surface area contributed by atoms with Crippen molar-refractivity contribution in [2.24, 2.45) is 0 Å². The van der Waals surface area contributed by atoms with Gasteiger partial charge in [0, 0.05) is 16.6 Å². The Hall–Kier alpha value is -2.47. The SMILES string of the molecule is CC(C)c1cccc(NC(=O)Cc2nnc(-c3ccsc3)o2)c1. The quantitative estimate of drug-likeness (QED) is 0.766. The van der Waals surface area contributed by atoms with Crippen LogP contribution >= 0.6 is 11.3 Å². The van der Waals surface area contributed by atoms with E-state index in [2.05, 4.69) is 29.4 Å². The maximum absolute atomic E-state index is 12.1. The van der Waals surface area contributed by atoms with Crippen molar-refractivity contribution < 1.29 is 9.21 Å². The molecule has 0 radical (unpaired) electrons. The molecule has 0 aliphatic rings. The number of thiophene rings is 1. The Morgan fingerprint density at radius 2 is 2.17 bits per heavy atom. The molecule has 1 amide bonds. The predicted molar refractivity (Wildman–Crippen MR) is 90.5 cm³/mol. The lowest BCUT2D eigenvalue weighted by atomic mass is 10.0. The summed E-state index contributed by atoms with van der Waals surface area (Å²) >= 11 is 1.56. The van der Waals surface area contributed by atoms with Crippen molar-refractivity contribution in [2.75, 3.05) is 5.32 Å². The number of hydrogen-bond acceptors (Lipinski definition) is 5. The number of anilines is 1. The van der Waals surface area contributed by atoms with Crippen LogP contribution in [-0.4, -0.2) is 16.1 Å². The summed E-state index contributed by atoms with van der Waals surface area (Å²) in [5, 5.41) is 14.6. The smallest absolute Gasteiger partial charge is 0.248 e. The molecule has 2 heterocycles. The molecule has 0 saturated heterocycles. The minimum absolute atomic E-state index is 0.0586. The number of nitrogens with one attached hydrogen (secondary N) is 1. The first kappa shape index (κ1) is 15.4. The van der Waals surface area contributed by atoms with Gasteiger partial charge in [0.05, 0.1) is 0 Å². The van der Waals surface area contributed by atoms with Gasteiger partial charge in [0.15, 0.2) is 0 Å². The van der Waals surface area contributed by atoms with Crippen LogP contribution < -0.4 is 5.32 Å². The molecule has 0 aliphatic heterocycles. The van der Waals surface area contributed by atoms with Gasteiger partial charge in [0.25, 0.3) is 0 Å². The molecule has 0 atom stereocenters. The van der Waals surface area contributed by atoms with Crippen LogP contribution in [0.25, 0.3) is 11.5 Å². The zero-order chi connectivity index (χ0) is 16.2. The minimum Gasteiger partial charge on any atom is -0.420 e. The summed E-state index contributed by atoms with van der Waals surface area (Å²) in [6.07, 6.45) is 0.0586. The summed E-state index contributed by atoms with van der Waals surface area (Å²) < 4.78 is 5.52. The topological polar surface area (TPSA) is 68.0 Å². The van der Waals surface area contributed by atoms with Gasteiger partial charge in [0.2, 0.25) is 17.7 Å². The maximum Gasteiger partial charge on any atom is 0.248 e. The zero-order valence-corrected chi connectivity index (χ0v) is 13.8. The molecular weight excluding hydrogens is 310 g/mol. The van der Waals surface area contributed by atoms with Crippen molar-refractivity contribution in [2.45, 2.75) is 26.2 Å². The van der Waals surface area contributed by atoms with Crippen LogP contribution in [0.2, 0.25) is 0 Å². The normalized spacial score (nSPS) is 10.9. The van der Waals surface area contributed by atoms with E-state index >= 15 is 0 Å². The molecule has 2 aromatic heterocycles. The lowest BCUT2D eigenvalue weighted by Gasteiger charge is -2.08. The zero-order valence-electron chi connectivity index (χ0n) is 12.9. The summed E-state index contributed by atoms with van der Waals surface area (Å²) in [7, 11) is 0. The molecule has 3 aromatic rings. The number of rotatable bonds is 5. The van der Waals surface area contributed by atoms with Crippen LogP contribution in [0.15, 0.2) is 45.5 Å². The summed E-state index contributed by atoms with van der Waals surface area (Å²) in [5.74, 6) is 0.988. The van der Waals surface area contributed by atoms with Crippen LogP contribution in [0, 0.1) is 0 Å². The van der Waals surface area contributed by atoms with Crippen molar-refractivity contribution >= 4 is 22.9 Å². The van der Waals surface area contributed by atoms with Gasteiger partial charge in [0.1, 0.15) is 6.42 Å². The highest BCUT2D eigenvalue weighted by Crippen LogP contribution is 2.21. The second-order valence-corrected chi connectivity index (χ2v) is 6.30. The number of carbonyl (C=O) groups is 1.